The van der Waals surface area contributed by atoms with Gasteiger partial charge in [-0.1, -0.05) is 25.7 Å². The molecule has 4 nitrogen and oxygen atoms in total. The summed E-state index contributed by atoms with van der Waals surface area (Å²) in [4.78, 5) is 14.2. The van der Waals surface area contributed by atoms with Gasteiger partial charge in [-0.2, -0.15) is 0 Å². The minimum atomic E-state index is -0.836. The fourth-order valence-electron chi connectivity index (χ4n) is 3.13. The van der Waals surface area contributed by atoms with Crippen molar-refractivity contribution in [3.05, 3.63) is 0 Å². The number of carbonyl (C=O) groups excluding carboxylic acids is 1. The first-order chi connectivity index (χ1) is 9.97. The second kappa shape index (κ2) is 9.42. The van der Waals surface area contributed by atoms with Gasteiger partial charge in [0, 0.05) is 6.04 Å². The molecule has 124 valence electrons. The van der Waals surface area contributed by atoms with Crippen molar-refractivity contribution in [1.29, 1.82) is 0 Å². The Labute approximate surface area is 130 Å². The summed E-state index contributed by atoms with van der Waals surface area (Å²) in [6.45, 7) is 5.09. The Bertz CT molecular complexity index is 297. The second-order valence-electron chi connectivity index (χ2n) is 6.72. The molecule has 0 heterocycles. The second-order valence-corrected chi connectivity index (χ2v) is 6.72. The van der Waals surface area contributed by atoms with Crippen LogP contribution >= 0.6 is 0 Å². The molecule has 21 heavy (non-hydrogen) atoms. The van der Waals surface area contributed by atoms with Crippen LogP contribution in [0.1, 0.15) is 71.6 Å². The van der Waals surface area contributed by atoms with Gasteiger partial charge in [-0.15, -0.1) is 0 Å². The highest BCUT2D eigenvalue weighted by molar-refractivity contribution is 5.79. The van der Waals surface area contributed by atoms with Crippen LogP contribution in [0.4, 0.5) is 0 Å². The van der Waals surface area contributed by atoms with Gasteiger partial charge >= 0.3 is 5.97 Å². The monoisotopic (exact) mass is 298 g/mol. The summed E-state index contributed by atoms with van der Waals surface area (Å²) in [5, 5.41) is 0. The quantitative estimate of drug-likeness (QED) is 0.425. The Morgan fingerprint density at radius 3 is 2.43 bits per heavy atom. The lowest BCUT2D eigenvalue weighted by Crippen LogP contribution is -2.46. The molecule has 0 aromatic heterocycles. The largest absolute Gasteiger partial charge is 0.465 e. The number of rotatable bonds is 8. The predicted molar refractivity (Wildman–Crippen MR) is 87.2 cm³/mol. The van der Waals surface area contributed by atoms with Crippen molar-refractivity contribution in [2.45, 2.75) is 83.2 Å². The number of nitrogens with two attached hydrogens (primary N) is 1. The molecule has 0 radical (unpaired) electrons. The molecule has 0 aliphatic heterocycles. The SMILES string of the molecule is CCOC(=O)C(C)(N)CCCCN(C)C1CCCCCC1. The first-order valence-corrected chi connectivity index (χ1v) is 8.63. The van der Waals surface area contributed by atoms with Crippen LogP contribution in [-0.2, 0) is 9.53 Å². The highest BCUT2D eigenvalue weighted by atomic mass is 16.5. The van der Waals surface area contributed by atoms with Crippen molar-refractivity contribution in [2.75, 3.05) is 20.2 Å². The van der Waals surface area contributed by atoms with Crippen LogP contribution in [0, 0.1) is 0 Å². The number of esters is 1. The van der Waals surface area contributed by atoms with Crippen molar-refractivity contribution in [2.24, 2.45) is 5.73 Å². The van der Waals surface area contributed by atoms with E-state index in [0.717, 1.165) is 25.4 Å². The highest BCUT2D eigenvalue weighted by Gasteiger charge is 2.29. The molecule has 1 atom stereocenters. The van der Waals surface area contributed by atoms with Crippen LogP contribution in [0.3, 0.4) is 0 Å². The maximum atomic E-state index is 11.7. The molecule has 1 aliphatic carbocycles. The van der Waals surface area contributed by atoms with E-state index in [4.69, 9.17) is 10.5 Å². The molecule has 0 aromatic rings. The van der Waals surface area contributed by atoms with E-state index in [1.54, 1.807) is 6.92 Å². The van der Waals surface area contributed by atoms with E-state index in [9.17, 15) is 4.79 Å². The Kier molecular flexibility index (Phi) is 8.27. The molecular weight excluding hydrogens is 264 g/mol. The molecule has 0 aromatic carbocycles. The first kappa shape index (κ1) is 18.4. The Morgan fingerprint density at radius 1 is 1.24 bits per heavy atom. The van der Waals surface area contributed by atoms with E-state index in [1.165, 1.54) is 38.5 Å². The van der Waals surface area contributed by atoms with Gasteiger partial charge in [0.15, 0.2) is 0 Å². The molecule has 0 bridgehead atoms. The van der Waals surface area contributed by atoms with E-state index in [0.29, 0.717) is 13.0 Å². The molecular formula is C17H34N2O2. The third-order valence-electron chi connectivity index (χ3n) is 4.65. The fraction of sp³-hybridized carbons (Fsp3) is 0.941. The zero-order chi connectivity index (χ0) is 15.7. The molecule has 4 heteroatoms. The zero-order valence-electron chi connectivity index (χ0n) is 14.2. The van der Waals surface area contributed by atoms with E-state index in [2.05, 4.69) is 11.9 Å². The van der Waals surface area contributed by atoms with Crippen LogP contribution in [0.25, 0.3) is 0 Å². The smallest absolute Gasteiger partial charge is 0.325 e. The maximum Gasteiger partial charge on any atom is 0.325 e. The Balaban J connectivity index is 2.21. The molecule has 0 spiro atoms. The number of nitrogens with zero attached hydrogens (tertiary/aromatic N) is 1. The average molecular weight is 298 g/mol. The molecule has 2 N–H and O–H groups in total. The molecule has 1 saturated carbocycles. The Morgan fingerprint density at radius 2 is 1.86 bits per heavy atom. The summed E-state index contributed by atoms with van der Waals surface area (Å²) < 4.78 is 5.02. The van der Waals surface area contributed by atoms with Gasteiger partial charge in [0.25, 0.3) is 0 Å². The van der Waals surface area contributed by atoms with Crippen LogP contribution in [0.5, 0.6) is 0 Å². The van der Waals surface area contributed by atoms with E-state index in [1.807, 2.05) is 6.92 Å². The van der Waals surface area contributed by atoms with Crippen molar-refractivity contribution in [3.63, 3.8) is 0 Å². The topological polar surface area (TPSA) is 55.6 Å². The average Bonchev–Trinajstić information content (AvgIpc) is 2.72. The molecule has 0 saturated heterocycles. The Hall–Kier alpha value is -0.610. The lowest BCUT2D eigenvalue weighted by atomic mass is 9.96. The van der Waals surface area contributed by atoms with E-state index < -0.39 is 5.54 Å². The predicted octanol–water partition coefficient (Wildman–Crippen LogP) is 3.09. The summed E-state index contributed by atoms with van der Waals surface area (Å²) in [6.07, 6.45) is 11.0. The van der Waals surface area contributed by atoms with Crippen LogP contribution in [0.15, 0.2) is 0 Å². The van der Waals surface area contributed by atoms with Gasteiger partial charge in [-0.3, -0.25) is 4.79 Å². The van der Waals surface area contributed by atoms with Gasteiger partial charge in [0.1, 0.15) is 5.54 Å². The zero-order valence-corrected chi connectivity index (χ0v) is 14.2. The molecule has 1 aliphatic rings. The normalized spacial score (nSPS) is 20.0. The number of hydrogen-bond donors (Lipinski definition) is 1. The maximum absolute atomic E-state index is 11.7. The lowest BCUT2D eigenvalue weighted by molar-refractivity contribution is -0.149. The summed E-state index contributed by atoms with van der Waals surface area (Å²) in [5.41, 5.74) is 5.20. The van der Waals surface area contributed by atoms with Crippen molar-refractivity contribution in [1.82, 2.24) is 4.90 Å². The summed E-state index contributed by atoms with van der Waals surface area (Å²) >= 11 is 0. The van der Waals surface area contributed by atoms with Crippen molar-refractivity contribution < 1.29 is 9.53 Å². The third-order valence-corrected chi connectivity index (χ3v) is 4.65. The highest BCUT2D eigenvalue weighted by Crippen LogP contribution is 2.21. The molecule has 1 unspecified atom stereocenters. The van der Waals surface area contributed by atoms with E-state index >= 15 is 0 Å². The van der Waals surface area contributed by atoms with Gasteiger partial charge in [-0.25, -0.2) is 0 Å². The standard InChI is InChI=1S/C17H34N2O2/c1-4-21-16(20)17(2,18)13-9-10-14-19(3)15-11-7-5-6-8-12-15/h15H,4-14,18H2,1-3H3. The lowest BCUT2D eigenvalue weighted by Gasteiger charge is -2.27. The number of hydrogen-bond acceptors (Lipinski definition) is 4. The van der Waals surface area contributed by atoms with Crippen molar-refractivity contribution in [3.8, 4) is 0 Å². The summed E-state index contributed by atoms with van der Waals surface area (Å²) in [7, 11) is 2.24. The number of unbranched alkanes of at least 4 members (excludes halogenated alkanes) is 1. The minimum absolute atomic E-state index is 0.276. The van der Waals surface area contributed by atoms with Gasteiger partial charge < -0.3 is 15.4 Å². The minimum Gasteiger partial charge on any atom is -0.465 e. The van der Waals surface area contributed by atoms with Gasteiger partial charge in [0.05, 0.1) is 6.61 Å². The number of ether oxygens (including phenoxy) is 1. The van der Waals surface area contributed by atoms with Crippen molar-refractivity contribution >= 4 is 5.97 Å². The van der Waals surface area contributed by atoms with Gasteiger partial charge in [0.2, 0.25) is 0 Å². The molecule has 1 rings (SSSR count). The molecule has 1 fully saturated rings. The fourth-order valence-corrected chi connectivity index (χ4v) is 3.13. The van der Waals surface area contributed by atoms with Crippen LogP contribution in [-0.4, -0.2) is 42.6 Å². The van der Waals surface area contributed by atoms with E-state index in [-0.39, 0.29) is 5.97 Å². The van der Waals surface area contributed by atoms with Gasteiger partial charge in [-0.05, 0) is 59.5 Å². The summed E-state index contributed by atoms with van der Waals surface area (Å²) in [5.74, 6) is -0.276. The third kappa shape index (κ3) is 6.79. The summed E-state index contributed by atoms with van der Waals surface area (Å²) in [6, 6.07) is 0.752. The number of carbonyl (C=O) groups is 1. The van der Waals surface area contributed by atoms with Crippen LogP contribution in [0.2, 0.25) is 0 Å². The van der Waals surface area contributed by atoms with Crippen LogP contribution < -0.4 is 5.73 Å². The first-order valence-electron chi connectivity index (χ1n) is 8.63. The molecule has 0 amide bonds.